The highest BCUT2D eigenvalue weighted by atomic mass is 32.2. The molecule has 0 atom stereocenters. The third kappa shape index (κ3) is 3.74. The highest BCUT2D eigenvalue weighted by molar-refractivity contribution is 7.92. The van der Waals surface area contributed by atoms with Gasteiger partial charge in [-0.05, 0) is 56.9 Å². The number of fused-ring (bicyclic) bond motifs is 1. The third-order valence-electron chi connectivity index (χ3n) is 5.68. The number of benzene rings is 1. The van der Waals surface area contributed by atoms with Crippen molar-refractivity contribution in [2.24, 2.45) is 0 Å². The van der Waals surface area contributed by atoms with Crippen LogP contribution in [0.15, 0.2) is 18.2 Å². The van der Waals surface area contributed by atoms with Crippen LogP contribution < -0.4 is 4.31 Å². The van der Waals surface area contributed by atoms with Crippen molar-refractivity contribution in [3.05, 3.63) is 29.3 Å². The van der Waals surface area contributed by atoms with E-state index in [9.17, 15) is 13.2 Å². The molecule has 2 aliphatic rings. The van der Waals surface area contributed by atoms with Crippen LogP contribution in [0.3, 0.4) is 0 Å². The summed E-state index contributed by atoms with van der Waals surface area (Å²) in [6, 6.07) is 6.20. The van der Waals surface area contributed by atoms with Crippen molar-refractivity contribution in [3.63, 3.8) is 0 Å². The van der Waals surface area contributed by atoms with Gasteiger partial charge in [0.25, 0.3) is 5.91 Å². The number of hydrogen-bond donors (Lipinski definition) is 0. The van der Waals surface area contributed by atoms with Crippen LogP contribution in [0.5, 0.6) is 0 Å². The van der Waals surface area contributed by atoms with Gasteiger partial charge in [0.15, 0.2) is 0 Å². The van der Waals surface area contributed by atoms with Gasteiger partial charge < -0.3 is 9.80 Å². The number of sulfonamides is 1. The highest BCUT2D eigenvalue weighted by Crippen LogP contribution is 2.31. The van der Waals surface area contributed by atoms with Crippen molar-refractivity contribution in [3.8, 4) is 0 Å². The molecule has 26 heavy (non-hydrogen) atoms. The zero-order chi connectivity index (χ0) is 19.1. The van der Waals surface area contributed by atoms with E-state index in [0.717, 1.165) is 31.5 Å². The van der Waals surface area contributed by atoms with Gasteiger partial charge in [-0.2, -0.15) is 0 Å². The average molecular weight is 380 g/mol. The number of amides is 1. The van der Waals surface area contributed by atoms with Gasteiger partial charge in [0, 0.05) is 44.3 Å². The lowest BCUT2D eigenvalue weighted by molar-refractivity contribution is 0.0615. The number of carbonyl (C=O) groups excluding carboxylic acids is 1. The first kappa shape index (κ1) is 19.2. The maximum Gasteiger partial charge on any atom is 0.253 e. The largest absolute Gasteiger partial charge is 0.339 e. The van der Waals surface area contributed by atoms with Crippen LogP contribution >= 0.6 is 0 Å². The fourth-order valence-corrected chi connectivity index (χ4v) is 4.97. The fraction of sp³-hybridized carbons (Fsp3) is 0.632. The van der Waals surface area contributed by atoms with Crippen molar-refractivity contribution < 1.29 is 13.2 Å². The normalized spacial score (nSPS) is 19.0. The van der Waals surface area contributed by atoms with Crippen LogP contribution in [0.2, 0.25) is 0 Å². The molecule has 0 unspecified atom stereocenters. The van der Waals surface area contributed by atoms with Crippen LogP contribution in [0.1, 0.15) is 42.6 Å². The van der Waals surface area contributed by atoms with Gasteiger partial charge in [0.1, 0.15) is 0 Å². The molecule has 1 saturated heterocycles. The summed E-state index contributed by atoms with van der Waals surface area (Å²) < 4.78 is 25.1. The standard InChI is InChI=1S/C19H29N3O3S/c1-14(2)21-10-8-17(9-11-21)20(3)19(23)16-5-6-18-15(13-16)7-12-22(18)26(4,24)25/h5-6,13-14,17H,7-12H2,1-4H3. The molecular formula is C19H29N3O3S. The first-order chi connectivity index (χ1) is 12.2. The molecule has 144 valence electrons. The van der Waals surface area contributed by atoms with Gasteiger partial charge >= 0.3 is 0 Å². The quantitative estimate of drug-likeness (QED) is 0.802. The number of piperidine rings is 1. The molecule has 1 amide bonds. The van der Waals surface area contributed by atoms with Crippen LogP contribution in [0, 0.1) is 0 Å². The Morgan fingerprint density at radius 2 is 1.85 bits per heavy atom. The molecule has 1 fully saturated rings. The van der Waals surface area contributed by atoms with Crippen molar-refractivity contribution in [1.29, 1.82) is 0 Å². The summed E-state index contributed by atoms with van der Waals surface area (Å²) in [5, 5.41) is 0. The summed E-state index contributed by atoms with van der Waals surface area (Å²) >= 11 is 0. The van der Waals surface area contributed by atoms with E-state index in [4.69, 9.17) is 0 Å². The number of carbonyl (C=O) groups is 1. The van der Waals surface area contributed by atoms with Gasteiger partial charge in [-0.15, -0.1) is 0 Å². The Labute approximate surface area is 156 Å². The average Bonchev–Trinajstić information content (AvgIpc) is 3.04. The van der Waals surface area contributed by atoms with E-state index < -0.39 is 10.0 Å². The molecule has 2 heterocycles. The van der Waals surface area contributed by atoms with E-state index in [1.165, 1.54) is 10.6 Å². The van der Waals surface area contributed by atoms with E-state index >= 15 is 0 Å². The smallest absolute Gasteiger partial charge is 0.253 e. The Morgan fingerprint density at radius 1 is 1.19 bits per heavy atom. The monoisotopic (exact) mass is 379 g/mol. The Bertz CT molecular complexity index is 783. The number of rotatable bonds is 4. The van der Waals surface area contributed by atoms with Crippen LogP contribution in [0.25, 0.3) is 0 Å². The predicted molar refractivity (Wildman–Crippen MR) is 104 cm³/mol. The number of hydrogen-bond acceptors (Lipinski definition) is 4. The molecule has 0 bridgehead atoms. The van der Waals surface area contributed by atoms with Crippen molar-refractivity contribution in [1.82, 2.24) is 9.80 Å². The number of anilines is 1. The lowest BCUT2D eigenvalue weighted by Crippen LogP contribution is -2.47. The maximum atomic E-state index is 12.9. The summed E-state index contributed by atoms with van der Waals surface area (Å²) in [7, 11) is -1.38. The molecule has 1 aromatic carbocycles. The molecule has 0 aromatic heterocycles. The minimum absolute atomic E-state index is 0.0219. The summed E-state index contributed by atoms with van der Waals surface area (Å²) in [6.07, 6.45) is 3.86. The zero-order valence-electron chi connectivity index (χ0n) is 16.1. The van der Waals surface area contributed by atoms with Crippen molar-refractivity contribution >= 4 is 21.6 Å². The minimum Gasteiger partial charge on any atom is -0.339 e. The Morgan fingerprint density at radius 3 is 2.42 bits per heavy atom. The number of likely N-dealkylation sites (tertiary alicyclic amines) is 1. The van der Waals surface area contributed by atoms with Crippen molar-refractivity contribution in [2.45, 2.75) is 45.2 Å². The van der Waals surface area contributed by atoms with E-state index in [1.807, 2.05) is 18.0 Å². The minimum atomic E-state index is -3.26. The van der Waals surface area contributed by atoms with Gasteiger partial charge in [0.2, 0.25) is 10.0 Å². The topological polar surface area (TPSA) is 60.9 Å². The molecule has 1 aromatic rings. The van der Waals surface area contributed by atoms with Gasteiger partial charge in [-0.3, -0.25) is 9.10 Å². The van der Waals surface area contributed by atoms with Gasteiger partial charge in [0.05, 0.1) is 11.9 Å². The molecule has 0 N–H and O–H groups in total. The third-order valence-corrected chi connectivity index (χ3v) is 6.86. The first-order valence-corrected chi connectivity index (χ1v) is 11.1. The molecule has 0 aliphatic carbocycles. The van der Waals surface area contributed by atoms with Crippen LogP contribution in [-0.4, -0.2) is 69.1 Å². The van der Waals surface area contributed by atoms with E-state index in [1.54, 1.807) is 12.1 Å². The molecule has 7 heteroatoms. The van der Waals surface area contributed by atoms with Gasteiger partial charge in [-0.25, -0.2) is 8.42 Å². The molecule has 6 nitrogen and oxygen atoms in total. The Balaban J connectivity index is 1.71. The summed E-state index contributed by atoms with van der Waals surface area (Å²) in [5.74, 6) is 0.0219. The molecule has 0 radical (unpaired) electrons. The SMILES string of the molecule is CC(C)N1CCC(N(C)C(=O)c2ccc3c(c2)CCN3S(C)(=O)=O)CC1. The second-order valence-corrected chi connectivity index (χ2v) is 9.61. The highest BCUT2D eigenvalue weighted by Gasteiger charge is 2.29. The predicted octanol–water partition coefficient (Wildman–Crippen LogP) is 1.95. The number of nitrogens with zero attached hydrogens (tertiary/aromatic N) is 3. The summed E-state index contributed by atoms with van der Waals surface area (Å²) in [4.78, 5) is 17.2. The van der Waals surface area contributed by atoms with Crippen LogP contribution in [-0.2, 0) is 16.4 Å². The lowest BCUT2D eigenvalue weighted by Gasteiger charge is -2.38. The molecular weight excluding hydrogens is 350 g/mol. The summed E-state index contributed by atoms with van der Waals surface area (Å²) in [5.41, 5.74) is 2.29. The fourth-order valence-electron chi connectivity index (χ4n) is 4.01. The Kier molecular flexibility index (Phi) is 5.30. The Hall–Kier alpha value is -1.60. The van der Waals surface area contributed by atoms with Crippen molar-refractivity contribution in [2.75, 3.05) is 37.2 Å². The zero-order valence-corrected chi connectivity index (χ0v) is 16.9. The maximum absolute atomic E-state index is 12.9. The second kappa shape index (κ2) is 7.19. The van der Waals surface area contributed by atoms with E-state index in [-0.39, 0.29) is 11.9 Å². The lowest BCUT2D eigenvalue weighted by atomic mass is 10.0. The second-order valence-electron chi connectivity index (χ2n) is 7.71. The van der Waals surface area contributed by atoms with E-state index in [0.29, 0.717) is 30.3 Å². The van der Waals surface area contributed by atoms with Gasteiger partial charge in [-0.1, -0.05) is 0 Å². The molecule has 0 spiro atoms. The van der Waals surface area contributed by atoms with Crippen LogP contribution in [0.4, 0.5) is 5.69 Å². The first-order valence-electron chi connectivity index (χ1n) is 9.30. The van der Waals surface area contributed by atoms with E-state index in [2.05, 4.69) is 18.7 Å². The summed E-state index contributed by atoms with van der Waals surface area (Å²) in [6.45, 7) is 6.91. The molecule has 3 rings (SSSR count). The molecule has 2 aliphatic heterocycles. The molecule has 0 saturated carbocycles.